The summed E-state index contributed by atoms with van der Waals surface area (Å²) in [5.41, 5.74) is 0.744. The van der Waals surface area contributed by atoms with Gasteiger partial charge in [0.2, 0.25) is 5.65 Å². The zero-order chi connectivity index (χ0) is 13.8. The van der Waals surface area contributed by atoms with E-state index in [4.69, 9.17) is 11.6 Å². The van der Waals surface area contributed by atoms with E-state index in [-0.39, 0.29) is 5.38 Å². The lowest BCUT2D eigenvalue weighted by Crippen LogP contribution is -2.23. The predicted molar refractivity (Wildman–Crippen MR) is 77.7 cm³/mol. The van der Waals surface area contributed by atoms with E-state index in [0.29, 0.717) is 12.5 Å². The molecule has 0 saturated heterocycles. The van der Waals surface area contributed by atoms with Crippen molar-refractivity contribution in [1.29, 1.82) is 0 Å². The van der Waals surface area contributed by atoms with Crippen LogP contribution in [0.15, 0.2) is 12.4 Å². The van der Waals surface area contributed by atoms with Crippen molar-refractivity contribution in [2.75, 3.05) is 11.9 Å². The molecule has 1 N–H and O–H groups in total. The fourth-order valence-corrected chi connectivity index (χ4v) is 2.66. The number of fused-ring (bicyclic) bond motifs is 1. The highest BCUT2D eigenvalue weighted by atomic mass is 35.5. The molecule has 2 rings (SSSR count). The first-order valence-electron chi connectivity index (χ1n) is 6.71. The maximum Gasteiger partial charge on any atom is 0.203 e. The molecule has 0 aliphatic heterocycles. The molecule has 0 aliphatic carbocycles. The van der Waals surface area contributed by atoms with Crippen LogP contribution < -0.4 is 5.32 Å². The van der Waals surface area contributed by atoms with Crippen LogP contribution in [-0.2, 0) is 0 Å². The van der Waals surface area contributed by atoms with Gasteiger partial charge in [0.1, 0.15) is 5.82 Å². The Morgan fingerprint density at radius 3 is 2.74 bits per heavy atom. The van der Waals surface area contributed by atoms with Crippen LogP contribution in [0.5, 0.6) is 0 Å². The number of aromatic nitrogens is 4. The van der Waals surface area contributed by atoms with Crippen LogP contribution >= 0.6 is 11.6 Å². The van der Waals surface area contributed by atoms with Crippen LogP contribution in [-0.4, -0.2) is 31.5 Å². The Bertz CT molecular complexity index is 535. The Kier molecular flexibility index (Phi) is 4.58. The van der Waals surface area contributed by atoms with Crippen LogP contribution in [0.1, 0.15) is 32.5 Å². The molecular weight excluding hydrogens is 262 g/mol. The number of rotatable bonds is 6. The fraction of sp³-hybridized carbons (Fsp3) is 0.615. The number of halogens is 1. The van der Waals surface area contributed by atoms with Crippen LogP contribution in [0.4, 0.5) is 5.82 Å². The van der Waals surface area contributed by atoms with Gasteiger partial charge in [0.25, 0.3) is 0 Å². The van der Waals surface area contributed by atoms with E-state index >= 15 is 0 Å². The van der Waals surface area contributed by atoms with Gasteiger partial charge in [0.05, 0.1) is 5.38 Å². The Labute approximate surface area is 118 Å². The smallest absolute Gasteiger partial charge is 0.203 e. The quantitative estimate of drug-likeness (QED) is 0.827. The molecular formula is C13H20ClN5. The van der Waals surface area contributed by atoms with Crippen molar-refractivity contribution in [3.05, 3.63) is 18.2 Å². The lowest BCUT2D eigenvalue weighted by Gasteiger charge is -2.19. The van der Waals surface area contributed by atoms with Crippen LogP contribution in [0.2, 0.25) is 0 Å². The van der Waals surface area contributed by atoms with E-state index in [1.54, 1.807) is 6.20 Å². The van der Waals surface area contributed by atoms with Crippen molar-refractivity contribution in [1.82, 2.24) is 19.6 Å². The van der Waals surface area contributed by atoms with Gasteiger partial charge < -0.3 is 5.32 Å². The summed E-state index contributed by atoms with van der Waals surface area (Å²) in [6, 6.07) is 0. The second-order valence-corrected chi connectivity index (χ2v) is 5.25. The molecule has 1 unspecified atom stereocenters. The van der Waals surface area contributed by atoms with Gasteiger partial charge in [-0.05, 0) is 12.8 Å². The van der Waals surface area contributed by atoms with Crippen molar-refractivity contribution in [3.63, 3.8) is 0 Å². The zero-order valence-electron chi connectivity index (χ0n) is 11.6. The molecule has 0 fully saturated rings. The standard InChI is InChI=1S/C13H20ClN5/c1-4-10(5-2)11(14)8-16-12-13-18-17-9(3)19(13)7-6-15-12/h6-7,10-11H,4-5,8H2,1-3H3,(H,15,16). The summed E-state index contributed by atoms with van der Waals surface area (Å²) in [6.45, 7) is 6.94. The van der Waals surface area contributed by atoms with Gasteiger partial charge in [0.15, 0.2) is 5.82 Å². The summed E-state index contributed by atoms with van der Waals surface area (Å²) in [5.74, 6) is 2.11. The molecule has 0 radical (unpaired) electrons. The first-order valence-corrected chi connectivity index (χ1v) is 7.15. The first kappa shape index (κ1) is 14.1. The van der Waals surface area contributed by atoms with Crippen molar-refractivity contribution >= 4 is 23.1 Å². The predicted octanol–water partition coefficient (Wildman–Crippen LogP) is 2.89. The third-order valence-electron chi connectivity index (χ3n) is 3.52. The Morgan fingerprint density at radius 1 is 1.32 bits per heavy atom. The minimum absolute atomic E-state index is 0.0982. The van der Waals surface area contributed by atoms with Crippen LogP contribution in [0.3, 0.4) is 0 Å². The number of anilines is 1. The normalized spacial score (nSPS) is 13.1. The highest BCUT2D eigenvalue weighted by molar-refractivity contribution is 6.21. The Morgan fingerprint density at radius 2 is 2.05 bits per heavy atom. The molecule has 2 aromatic heterocycles. The van der Waals surface area contributed by atoms with Gasteiger partial charge in [-0.25, -0.2) is 4.98 Å². The molecule has 5 nitrogen and oxygen atoms in total. The van der Waals surface area contributed by atoms with Crippen molar-refractivity contribution in [2.45, 2.75) is 39.0 Å². The minimum atomic E-state index is 0.0982. The third-order valence-corrected chi connectivity index (χ3v) is 4.03. The second-order valence-electron chi connectivity index (χ2n) is 4.69. The van der Waals surface area contributed by atoms with E-state index in [0.717, 1.165) is 30.1 Å². The van der Waals surface area contributed by atoms with E-state index in [1.807, 2.05) is 17.5 Å². The third kappa shape index (κ3) is 2.97. The van der Waals surface area contributed by atoms with Crippen molar-refractivity contribution in [2.24, 2.45) is 5.92 Å². The maximum atomic E-state index is 6.42. The van der Waals surface area contributed by atoms with Gasteiger partial charge in [-0.2, -0.15) is 0 Å². The number of alkyl halides is 1. The van der Waals surface area contributed by atoms with Gasteiger partial charge in [-0.15, -0.1) is 21.8 Å². The topological polar surface area (TPSA) is 55.1 Å². The van der Waals surface area contributed by atoms with Gasteiger partial charge in [-0.3, -0.25) is 4.40 Å². The van der Waals surface area contributed by atoms with E-state index < -0.39 is 0 Å². The summed E-state index contributed by atoms with van der Waals surface area (Å²) in [5, 5.41) is 11.6. The first-order chi connectivity index (χ1) is 9.17. The number of nitrogens with zero attached hydrogens (tertiary/aromatic N) is 4. The second kappa shape index (κ2) is 6.19. The number of aryl methyl sites for hydroxylation is 1. The molecule has 2 heterocycles. The average Bonchev–Trinajstić information content (AvgIpc) is 2.80. The Balaban J connectivity index is 2.09. The molecule has 0 spiro atoms. The lowest BCUT2D eigenvalue weighted by molar-refractivity contribution is 0.475. The van der Waals surface area contributed by atoms with Gasteiger partial charge in [-0.1, -0.05) is 26.7 Å². The highest BCUT2D eigenvalue weighted by Crippen LogP contribution is 2.20. The summed E-state index contributed by atoms with van der Waals surface area (Å²) in [4.78, 5) is 4.31. The van der Waals surface area contributed by atoms with E-state index in [1.165, 1.54) is 0 Å². The van der Waals surface area contributed by atoms with Gasteiger partial charge in [0, 0.05) is 18.9 Å². The van der Waals surface area contributed by atoms with E-state index in [9.17, 15) is 0 Å². The molecule has 0 amide bonds. The van der Waals surface area contributed by atoms with Crippen LogP contribution in [0, 0.1) is 12.8 Å². The minimum Gasteiger partial charge on any atom is -0.365 e. The summed E-state index contributed by atoms with van der Waals surface area (Å²) < 4.78 is 1.91. The molecule has 19 heavy (non-hydrogen) atoms. The van der Waals surface area contributed by atoms with Crippen LogP contribution in [0.25, 0.3) is 5.65 Å². The Hall–Kier alpha value is -1.36. The molecule has 2 aromatic rings. The largest absolute Gasteiger partial charge is 0.365 e. The summed E-state index contributed by atoms with van der Waals surface area (Å²) >= 11 is 6.42. The molecule has 6 heteroatoms. The monoisotopic (exact) mass is 281 g/mol. The number of nitrogens with one attached hydrogen (secondary N) is 1. The highest BCUT2D eigenvalue weighted by Gasteiger charge is 2.16. The molecule has 104 valence electrons. The molecule has 0 saturated carbocycles. The van der Waals surface area contributed by atoms with E-state index in [2.05, 4.69) is 34.3 Å². The molecule has 1 atom stereocenters. The molecule has 0 aromatic carbocycles. The number of hydrogen-bond donors (Lipinski definition) is 1. The fourth-order valence-electron chi connectivity index (χ4n) is 2.23. The maximum absolute atomic E-state index is 6.42. The zero-order valence-corrected chi connectivity index (χ0v) is 12.4. The number of hydrogen-bond acceptors (Lipinski definition) is 4. The van der Waals surface area contributed by atoms with Gasteiger partial charge >= 0.3 is 0 Å². The molecule has 0 aliphatic rings. The lowest BCUT2D eigenvalue weighted by atomic mass is 9.99. The average molecular weight is 282 g/mol. The summed E-state index contributed by atoms with van der Waals surface area (Å²) in [7, 11) is 0. The van der Waals surface area contributed by atoms with Crippen molar-refractivity contribution in [3.8, 4) is 0 Å². The van der Waals surface area contributed by atoms with Crippen molar-refractivity contribution < 1.29 is 0 Å². The SMILES string of the molecule is CCC(CC)C(Cl)CNc1nccn2c(C)nnc12. The summed E-state index contributed by atoms with van der Waals surface area (Å²) in [6.07, 6.45) is 5.78. The molecule has 0 bridgehead atoms.